The van der Waals surface area contributed by atoms with Crippen LogP contribution >= 0.6 is 0 Å². The van der Waals surface area contributed by atoms with Gasteiger partial charge in [0, 0.05) is 44.7 Å². The fraction of sp³-hybridized carbons (Fsp3) is 0.400. The molecule has 1 aliphatic rings. The molecule has 0 atom stereocenters. The number of aryl methyl sites for hydroxylation is 1. The van der Waals surface area contributed by atoms with Crippen LogP contribution in [0.4, 0.5) is 11.6 Å². The largest absolute Gasteiger partial charge is 0.368 e. The monoisotopic (exact) mass is 300 g/mol. The molecule has 116 valence electrons. The number of rotatable bonds is 4. The summed E-state index contributed by atoms with van der Waals surface area (Å²) in [6, 6.07) is 10.3. The molecule has 3 rings (SSSR count). The molecule has 2 heterocycles. The van der Waals surface area contributed by atoms with Gasteiger partial charge in [0.25, 0.3) is 0 Å². The third kappa shape index (κ3) is 3.36. The molecule has 1 aliphatic heterocycles. The first-order chi connectivity index (χ1) is 10.7. The third-order valence-corrected chi connectivity index (χ3v) is 3.88. The zero-order chi connectivity index (χ0) is 15.4. The Hall–Kier alpha value is -2.57. The molecule has 3 N–H and O–H groups in total. The van der Waals surface area contributed by atoms with Crippen LogP contribution in [0.2, 0.25) is 0 Å². The summed E-state index contributed by atoms with van der Waals surface area (Å²) in [5.41, 5.74) is 6.66. The van der Waals surface area contributed by atoms with E-state index in [0.29, 0.717) is 18.7 Å². The van der Waals surface area contributed by atoms with Crippen LogP contribution in [0.1, 0.15) is 12.2 Å². The summed E-state index contributed by atoms with van der Waals surface area (Å²) in [5.74, 6) is 1.04. The van der Waals surface area contributed by atoms with E-state index in [2.05, 4.69) is 32.2 Å². The number of nitrogens with zero attached hydrogens (tertiary/aromatic N) is 4. The summed E-state index contributed by atoms with van der Waals surface area (Å²) in [5, 5.41) is 6.49. The highest BCUT2D eigenvalue weighted by atomic mass is 16.2. The summed E-state index contributed by atoms with van der Waals surface area (Å²) in [6.45, 7) is 3.24. The van der Waals surface area contributed by atoms with E-state index in [0.717, 1.165) is 26.2 Å². The van der Waals surface area contributed by atoms with Crippen molar-refractivity contribution in [3.05, 3.63) is 36.2 Å². The molecule has 7 nitrogen and oxygen atoms in total. The molecule has 7 heteroatoms. The lowest BCUT2D eigenvalue weighted by Gasteiger charge is -2.36. The Morgan fingerprint density at radius 3 is 2.55 bits per heavy atom. The van der Waals surface area contributed by atoms with E-state index in [9.17, 15) is 4.79 Å². The van der Waals surface area contributed by atoms with Crippen molar-refractivity contribution in [2.24, 2.45) is 0 Å². The van der Waals surface area contributed by atoms with E-state index in [4.69, 9.17) is 5.73 Å². The molecule has 1 saturated heterocycles. The van der Waals surface area contributed by atoms with Crippen molar-refractivity contribution >= 4 is 17.5 Å². The van der Waals surface area contributed by atoms with Crippen molar-refractivity contribution in [3.8, 4) is 0 Å². The van der Waals surface area contributed by atoms with E-state index in [1.807, 2.05) is 23.1 Å². The van der Waals surface area contributed by atoms with Crippen molar-refractivity contribution in [3.63, 3.8) is 0 Å². The number of piperazine rings is 1. The van der Waals surface area contributed by atoms with E-state index in [1.165, 1.54) is 5.69 Å². The summed E-state index contributed by atoms with van der Waals surface area (Å²) in [4.78, 5) is 20.5. The van der Waals surface area contributed by atoms with Gasteiger partial charge < -0.3 is 15.5 Å². The first-order valence-corrected chi connectivity index (χ1v) is 7.47. The highest BCUT2D eigenvalue weighted by Crippen LogP contribution is 2.16. The predicted octanol–water partition coefficient (Wildman–Crippen LogP) is 0.668. The van der Waals surface area contributed by atoms with E-state index in [-0.39, 0.29) is 11.9 Å². The Morgan fingerprint density at radius 1 is 1.18 bits per heavy atom. The molecule has 0 aliphatic carbocycles. The number of aromatic amines is 1. The zero-order valence-electron chi connectivity index (χ0n) is 12.4. The molecular weight excluding hydrogens is 280 g/mol. The van der Waals surface area contributed by atoms with Crippen LogP contribution in [-0.2, 0) is 11.2 Å². The van der Waals surface area contributed by atoms with Crippen LogP contribution < -0.4 is 10.6 Å². The molecule has 0 saturated carbocycles. The van der Waals surface area contributed by atoms with Gasteiger partial charge in [-0.1, -0.05) is 18.2 Å². The number of nitrogens with one attached hydrogen (secondary N) is 1. The van der Waals surface area contributed by atoms with Crippen LogP contribution in [0, 0.1) is 0 Å². The number of anilines is 2. The lowest BCUT2D eigenvalue weighted by molar-refractivity contribution is -0.131. The topological polar surface area (TPSA) is 91.1 Å². The first kappa shape index (κ1) is 14.4. The van der Waals surface area contributed by atoms with Crippen LogP contribution in [0.25, 0.3) is 0 Å². The standard InChI is InChI=1S/C15H20N6O/c16-15-17-13(18-19-15)6-7-14(22)21-10-8-20(9-11-21)12-4-2-1-3-5-12/h1-5H,6-11H2,(H3,16,17,18,19). The fourth-order valence-corrected chi connectivity index (χ4v) is 2.66. The molecular formula is C15H20N6O. The molecule has 0 bridgehead atoms. The smallest absolute Gasteiger partial charge is 0.239 e. The number of nitrogen functional groups attached to an aromatic ring is 1. The quantitative estimate of drug-likeness (QED) is 0.866. The molecule has 0 spiro atoms. The van der Waals surface area contributed by atoms with Crippen molar-refractivity contribution in [1.82, 2.24) is 20.1 Å². The number of H-pyrrole nitrogens is 1. The number of aromatic nitrogens is 3. The minimum atomic E-state index is 0.155. The summed E-state index contributed by atoms with van der Waals surface area (Å²) in [7, 11) is 0. The normalized spacial score (nSPS) is 15.1. The van der Waals surface area contributed by atoms with Gasteiger partial charge in [-0.15, -0.1) is 5.10 Å². The SMILES string of the molecule is Nc1n[nH]c(CCC(=O)N2CCN(c3ccccc3)CC2)n1. The average molecular weight is 300 g/mol. The molecule has 22 heavy (non-hydrogen) atoms. The number of carbonyl (C=O) groups is 1. The Balaban J connectivity index is 1.47. The maximum Gasteiger partial charge on any atom is 0.239 e. The van der Waals surface area contributed by atoms with E-state index in [1.54, 1.807) is 0 Å². The number of hydrogen-bond donors (Lipinski definition) is 2. The van der Waals surface area contributed by atoms with Gasteiger partial charge in [0.15, 0.2) is 0 Å². The Kier molecular flexibility index (Phi) is 4.22. The highest BCUT2D eigenvalue weighted by molar-refractivity contribution is 5.76. The van der Waals surface area contributed by atoms with Gasteiger partial charge in [-0.25, -0.2) is 0 Å². The molecule has 0 radical (unpaired) electrons. The maximum absolute atomic E-state index is 12.2. The van der Waals surface area contributed by atoms with Gasteiger partial charge in [0.1, 0.15) is 5.82 Å². The predicted molar refractivity (Wildman–Crippen MR) is 84.4 cm³/mol. The lowest BCUT2D eigenvalue weighted by atomic mass is 10.2. The van der Waals surface area contributed by atoms with Crippen LogP contribution in [0.5, 0.6) is 0 Å². The van der Waals surface area contributed by atoms with Gasteiger partial charge in [0.05, 0.1) is 0 Å². The molecule has 1 aromatic heterocycles. The van der Waals surface area contributed by atoms with Gasteiger partial charge in [-0.3, -0.25) is 9.89 Å². The van der Waals surface area contributed by atoms with Crippen LogP contribution in [0.15, 0.2) is 30.3 Å². The Morgan fingerprint density at radius 2 is 1.91 bits per heavy atom. The number of carbonyl (C=O) groups excluding carboxylic acids is 1. The number of para-hydroxylation sites is 1. The molecule has 1 amide bonds. The number of amides is 1. The van der Waals surface area contributed by atoms with Gasteiger partial charge in [-0.05, 0) is 12.1 Å². The molecule has 2 aromatic rings. The second-order valence-corrected chi connectivity index (χ2v) is 5.34. The van der Waals surface area contributed by atoms with Crippen LogP contribution in [-0.4, -0.2) is 52.2 Å². The zero-order valence-corrected chi connectivity index (χ0v) is 12.4. The van der Waals surface area contributed by atoms with Crippen molar-refractivity contribution in [1.29, 1.82) is 0 Å². The summed E-state index contributed by atoms with van der Waals surface area (Å²) < 4.78 is 0. The molecule has 1 aromatic carbocycles. The van der Waals surface area contributed by atoms with E-state index < -0.39 is 0 Å². The average Bonchev–Trinajstić information content (AvgIpc) is 2.99. The minimum Gasteiger partial charge on any atom is -0.368 e. The van der Waals surface area contributed by atoms with E-state index >= 15 is 0 Å². The van der Waals surface area contributed by atoms with Gasteiger partial charge in [0.2, 0.25) is 11.9 Å². The fourth-order valence-electron chi connectivity index (χ4n) is 2.66. The molecule has 0 unspecified atom stereocenters. The third-order valence-electron chi connectivity index (χ3n) is 3.88. The van der Waals surface area contributed by atoms with Crippen molar-refractivity contribution in [2.75, 3.05) is 36.8 Å². The highest BCUT2D eigenvalue weighted by Gasteiger charge is 2.21. The Labute approximate surface area is 129 Å². The second-order valence-electron chi connectivity index (χ2n) is 5.34. The van der Waals surface area contributed by atoms with Crippen molar-refractivity contribution < 1.29 is 4.79 Å². The summed E-state index contributed by atoms with van der Waals surface area (Å²) in [6.07, 6.45) is 0.974. The minimum absolute atomic E-state index is 0.155. The van der Waals surface area contributed by atoms with Crippen LogP contribution in [0.3, 0.4) is 0 Å². The molecule has 1 fully saturated rings. The second kappa shape index (κ2) is 6.46. The summed E-state index contributed by atoms with van der Waals surface area (Å²) >= 11 is 0. The maximum atomic E-state index is 12.2. The number of hydrogen-bond acceptors (Lipinski definition) is 5. The number of nitrogens with two attached hydrogens (primary N) is 1. The van der Waals surface area contributed by atoms with Gasteiger partial charge in [-0.2, -0.15) is 4.98 Å². The Bertz CT molecular complexity index is 618. The first-order valence-electron chi connectivity index (χ1n) is 7.47. The lowest BCUT2D eigenvalue weighted by Crippen LogP contribution is -2.48. The van der Waals surface area contributed by atoms with Gasteiger partial charge >= 0.3 is 0 Å². The van der Waals surface area contributed by atoms with Crippen molar-refractivity contribution in [2.45, 2.75) is 12.8 Å². The number of benzene rings is 1.